The van der Waals surface area contributed by atoms with E-state index in [-0.39, 0.29) is 12.2 Å². The molecule has 1 aliphatic heterocycles. The molecule has 2 fully saturated rings. The summed E-state index contributed by atoms with van der Waals surface area (Å²) in [5, 5.41) is 0. The summed E-state index contributed by atoms with van der Waals surface area (Å²) < 4.78 is 33.9. The highest BCUT2D eigenvalue weighted by atomic mass is 19.1. The van der Waals surface area contributed by atoms with Gasteiger partial charge in [0, 0.05) is 13.1 Å². The summed E-state index contributed by atoms with van der Waals surface area (Å²) in [4.78, 5) is 14.2. The van der Waals surface area contributed by atoms with E-state index in [4.69, 9.17) is 4.74 Å². The lowest BCUT2D eigenvalue weighted by Crippen LogP contribution is -2.51. The van der Waals surface area contributed by atoms with Gasteiger partial charge in [-0.05, 0) is 37.3 Å². The van der Waals surface area contributed by atoms with Crippen molar-refractivity contribution >= 4 is 5.91 Å². The summed E-state index contributed by atoms with van der Waals surface area (Å²) in [7, 11) is 0. The summed E-state index contributed by atoms with van der Waals surface area (Å²) in [6, 6.07) is 3.53. The Morgan fingerprint density at radius 2 is 1.96 bits per heavy atom. The monoisotopic (exact) mass is 323 g/mol. The molecule has 1 saturated heterocycles. The molecule has 1 aromatic carbocycles. The van der Waals surface area contributed by atoms with Gasteiger partial charge in [-0.25, -0.2) is 8.78 Å². The maximum atomic E-state index is 13.9. The molecule has 1 heterocycles. The molecule has 0 unspecified atom stereocenters. The van der Waals surface area contributed by atoms with Gasteiger partial charge in [0.2, 0.25) is 0 Å². The van der Waals surface area contributed by atoms with Crippen molar-refractivity contribution in [2.45, 2.75) is 51.2 Å². The number of amides is 1. The predicted molar refractivity (Wildman–Crippen MR) is 83.2 cm³/mol. The zero-order valence-electron chi connectivity index (χ0n) is 13.4. The molecule has 2 aliphatic rings. The zero-order chi connectivity index (χ0) is 16.4. The molecule has 126 valence electrons. The Bertz CT molecular complexity index is 554. The molecular weight excluding hydrogens is 300 g/mol. The number of nitrogens with zero attached hydrogens (tertiary/aromatic N) is 1. The molecule has 1 aliphatic carbocycles. The van der Waals surface area contributed by atoms with Crippen molar-refractivity contribution in [3.63, 3.8) is 0 Å². The molecule has 0 spiro atoms. The molecule has 0 bridgehead atoms. The SMILES string of the molecule is CCCC[C@@H]1CN(C(=O)c2c(F)cccc2F)C[C@H](C2CC2)O1. The number of hydrogen-bond donors (Lipinski definition) is 0. The molecule has 1 amide bonds. The van der Waals surface area contributed by atoms with Crippen LogP contribution < -0.4 is 0 Å². The molecular formula is C18H23F2NO2. The van der Waals surface area contributed by atoms with Gasteiger partial charge < -0.3 is 9.64 Å². The van der Waals surface area contributed by atoms with Crippen LogP contribution in [0.25, 0.3) is 0 Å². The van der Waals surface area contributed by atoms with Crippen molar-refractivity contribution in [1.29, 1.82) is 0 Å². The van der Waals surface area contributed by atoms with Gasteiger partial charge in [-0.3, -0.25) is 4.79 Å². The molecule has 5 heteroatoms. The first-order valence-corrected chi connectivity index (χ1v) is 8.49. The van der Waals surface area contributed by atoms with Crippen LogP contribution >= 0.6 is 0 Å². The lowest BCUT2D eigenvalue weighted by Gasteiger charge is -2.38. The first kappa shape index (κ1) is 16.4. The van der Waals surface area contributed by atoms with Crippen LogP contribution in [0.1, 0.15) is 49.4 Å². The number of morpholine rings is 1. The average molecular weight is 323 g/mol. The van der Waals surface area contributed by atoms with E-state index in [1.54, 1.807) is 4.90 Å². The van der Waals surface area contributed by atoms with Gasteiger partial charge in [0.25, 0.3) is 5.91 Å². The van der Waals surface area contributed by atoms with Gasteiger partial charge in [0.15, 0.2) is 0 Å². The Labute approximate surface area is 135 Å². The lowest BCUT2D eigenvalue weighted by molar-refractivity contribution is -0.0875. The molecule has 0 radical (unpaired) electrons. The number of halogens is 2. The summed E-state index contributed by atoms with van der Waals surface area (Å²) in [5.41, 5.74) is -0.446. The van der Waals surface area contributed by atoms with Gasteiger partial charge >= 0.3 is 0 Å². The van der Waals surface area contributed by atoms with E-state index in [0.717, 1.165) is 44.2 Å². The number of unbranched alkanes of at least 4 members (excludes halogenated alkanes) is 1. The van der Waals surface area contributed by atoms with Crippen molar-refractivity contribution in [3.8, 4) is 0 Å². The highest BCUT2D eigenvalue weighted by Gasteiger charge is 2.40. The fourth-order valence-corrected chi connectivity index (χ4v) is 3.22. The number of rotatable bonds is 5. The second-order valence-electron chi connectivity index (χ2n) is 6.58. The van der Waals surface area contributed by atoms with Crippen molar-refractivity contribution in [1.82, 2.24) is 4.90 Å². The first-order valence-electron chi connectivity index (χ1n) is 8.49. The molecule has 0 aromatic heterocycles. The fourth-order valence-electron chi connectivity index (χ4n) is 3.22. The normalized spacial score (nSPS) is 24.7. The summed E-state index contributed by atoms with van der Waals surface area (Å²) in [6.07, 6.45) is 5.16. The largest absolute Gasteiger partial charge is 0.371 e. The Hall–Kier alpha value is -1.49. The van der Waals surface area contributed by atoms with Crippen LogP contribution in [0.2, 0.25) is 0 Å². The molecule has 3 nitrogen and oxygen atoms in total. The minimum atomic E-state index is -0.797. The van der Waals surface area contributed by atoms with E-state index in [2.05, 4.69) is 6.92 Å². The quantitative estimate of drug-likeness (QED) is 0.825. The second kappa shape index (κ2) is 6.95. The van der Waals surface area contributed by atoms with Crippen LogP contribution in [0.3, 0.4) is 0 Å². The number of benzene rings is 1. The maximum Gasteiger partial charge on any atom is 0.260 e. The number of hydrogen-bond acceptors (Lipinski definition) is 2. The van der Waals surface area contributed by atoms with Crippen molar-refractivity contribution in [2.24, 2.45) is 5.92 Å². The standard InChI is InChI=1S/C18H23F2NO2/c1-2-3-5-13-10-21(11-16(23-13)12-8-9-12)18(22)17-14(19)6-4-7-15(17)20/h4,6-7,12-13,16H,2-3,5,8-11H2,1H3/t13-,16-/m1/s1. The van der Waals surface area contributed by atoms with Crippen LogP contribution in [0.5, 0.6) is 0 Å². The van der Waals surface area contributed by atoms with E-state index in [9.17, 15) is 13.6 Å². The van der Waals surface area contributed by atoms with Crippen LogP contribution in [-0.2, 0) is 4.74 Å². The smallest absolute Gasteiger partial charge is 0.260 e. The highest BCUT2D eigenvalue weighted by Crippen LogP contribution is 2.37. The molecule has 1 saturated carbocycles. The van der Waals surface area contributed by atoms with Gasteiger partial charge in [-0.2, -0.15) is 0 Å². The van der Waals surface area contributed by atoms with Crippen LogP contribution in [0, 0.1) is 17.6 Å². The third-order valence-corrected chi connectivity index (χ3v) is 4.68. The van der Waals surface area contributed by atoms with Crippen molar-refractivity contribution < 1.29 is 18.3 Å². The molecule has 23 heavy (non-hydrogen) atoms. The second-order valence-corrected chi connectivity index (χ2v) is 6.58. The van der Waals surface area contributed by atoms with Gasteiger partial charge in [0.05, 0.1) is 12.2 Å². The topological polar surface area (TPSA) is 29.5 Å². The third-order valence-electron chi connectivity index (χ3n) is 4.68. The summed E-state index contributed by atoms with van der Waals surface area (Å²) >= 11 is 0. The lowest BCUT2D eigenvalue weighted by atomic mass is 10.1. The molecule has 0 N–H and O–H groups in total. The molecule has 2 atom stereocenters. The van der Waals surface area contributed by atoms with E-state index in [1.165, 1.54) is 6.07 Å². The van der Waals surface area contributed by atoms with Gasteiger partial charge in [-0.15, -0.1) is 0 Å². The minimum Gasteiger partial charge on any atom is -0.371 e. The third kappa shape index (κ3) is 3.71. The maximum absolute atomic E-state index is 13.9. The van der Waals surface area contributed by atoms with E-state index >= 15 is 0 Å². The fraction of sp³-hybridized carbons (Fsp3) is 0.611. The molecule has 3 rings (SSSR count). The predicted octanol–water partition coefficient (Wildman–Crippen LogP) is 3.77. The zero-order valence-corrected chi connectivity index (χ0v) is 13.4. The van der Waals surface area contributed by atoms with E-state index < -0.39 is 23.1 Å². The number of ether oxygens (including phenoxy) is 1. The highest BCUT2D eigenvalue weighted by molar-refractivity contribution is 5.94. The van der Waals surface area contributed by atoms with Crippen molar-refractivity contribution in [2.75, 3.05) is 13.1 Å². The number of carbonyl (C=O) groups excluding carboxylic acids is 1. The van der Waals surface area contributed by atoms with Crippen molar-refractivity contribution in [3.05, 3.63) is 35.4 Å². The summed E-state index contributed by atoms with van der Waals surface area (Å²) in [6.45, 7) is 2.95. The Balaban J connectivity index is 1.77. The number of carbonyl (C=O) groups is 1. The van der Waals surface area contributed by atoms with Crippen LogP contribution in [0.15, 0.2) is 18.2 Å². The Kier molecular flexibility index (Phi) is 4.95. The van der Waals surface area contributed by atoms with E-state index in [0.29, 0.717) is 19.0 Å². The van der Waals surface area contributed by atoms with Gasteiger partial charge in [0.1, 0.15) is 17.2 Å². The first-order chi connectivity index (χ1) is 11.1. The van der Waals surface area contributed by atoms with E-state index in [1.807, 2.05) is 0 Å². The van der Waals surface area contributed by atoms with Gasteiger partial charge in [-0.1, -0.05) is 25.8 Å². The summed E-state index contributed by atoms with van der Waals surface area (Å²) in [5.74, 6) is -1.67. The minimum absolute atomic E-state index is 0.00407. The average Bonchev–Trinajstić information content (AvgIpc) is 3.37. The van der Waals surface area contributed by atoms with Crippen LogP contribution in [-0.4, -0.2) is 36.1 Å². The molecule has 1 aromatic rings. The van der Waals surface area contributed by atoms with Crippen LogP contribution in [0.4, 0.5) is 8.78 Å². The Morgan fingerprint density at radius 3 is 2.57 bits per heavy atom. The Morgan fingerprint density at radius 1 is 1.26 bits per heavy atom.